The highest BCUT2D eigenvalue weighted by Crippen LogP contribution is 2.38. The van der Waals surface area contributed by atoms with Crippen molar-refractivity contribution in [1.82, 2.24) is 0 Å². The van der Waals surface area contributed by atoms with E-state index in [4.69, 9.17) is 0 Å². The van der Waals surface area contributed by atoms with E-state index in [1.54, 1.807) is 6.07 Å². The van der Waals surface area contributed by atoms with Crippen molar-refractivity contribution in [3.8, 4) is 0 Å². The molecular weight excluding hydrogens is 215 g/mol. The van der Waals surface area contributed by atoms with Gasteiger partial charge in [0, 0.05) is 12.1 Å². The van der Waals surface area contributed by atoms with Gasteiger partial charge in [-0.05, 0) is 37.5 Å². The summed E-state index contributed by atoms with van der Waals surface area (Å²) in [7, 11) is 0. The van der Waals surface area contributed by atoms with Gasteiger partial charge in [-0.15, -0.1) is 0 Å². The highest BCUT2D eigenvalue weighted by Gasteiger charge is 2.33. The van der Waals surface area contributed by atoms with Crippen LogP contribution >= 0.6 is 0 Å². The van der Waals surface area contributed by atoms with E-state index in [2.05, 4.69) is 10.6 Å². The summed E-state index contributed by atoms with van der Waals surface area (Å²) in [6.07, 6.45) is 7.58. The number of hydrogen-bond donors (Lipinski definition) is 2. The topological polar surface area (TPSA) is 24.1 Å². The molecule has 0 saturated heterocycles. The van der Waals surface area contributed by atoms with Crippen molar-refractivity contribution < 1.29 is 4.39 Å². The monoisotopic (exact) mass is 234 g/mol. The lowest BCUT2D eigenvalue weighted by atomic mass is 9.79. The predicted molar refractivity (Wildman–Crippen MR) is 68.9 cm³/mol. The minimum atomic E-state index is -0.169. The summed E-state index contributed by atoms with van der Waals surface area (Å²) in [5.41, 5.74) is 2.21. The van der Waals surface area contributed by atoms with Crippen LogP contribution in [0.25, 0.3) is 0 Å². The van der Waals surface area contributed by atoms with Crippen LogP contribution in [0.15, 0.2) is 18.2 Å². The summed E-state index contributed by atoms with van der Waals surface area (Å²) >= 11 is 0. The van der Waals surface area contributed by atoms with Crippen molar-refractivity contribution >= 4 is 11.4 Å². The Morgan fingerprint density at radius 2 is 1.82 bits per heavy atom. The van der Waals surface area contributed by atoms with Crippen molar-refractivity contribution in [2.24, 2.45) is 0 Å². The fourth-order valence-corrected chi connectivity index (χ4v) is 3.16. The number of nitrogens with one attached hydrogen (secondary N) is 2. The molecule has 3 rings (SSSR count). The van der Waals surface area contributed by atoms with E-state index in [9.17, 15) is 4.39 Å². The van der Waals surface area contributed by atoms with E-state index in [0.29, 0.717) is 0 Å². The van der Waals surface area contributed by atoms with Crippen LogP contribution in [0.5, 0.6) is 0 Å². The van der Waals surface area contributed by atoms with E-state index in [1.165, 1.54) is 38.2 Å². The van der Waals surface area contributed by atoms with E-state index >= 15 is 0 Å². The van der Waals surface area contributed by atoms with E-state index < -0.39 is 0 Å². The van der Waals surface area contributed by atoms with E-state index in [-0.39, 0.29) is 11.4 Å². The van der Waals surface area contributed by atoms with E-state index in [0.717, 1.165) is 24.3 Å². The molecule has 2 N–H and O–H groups in total. The van der Waals surface area contributed by atoms with Crippen LogP contribution in [0, 0.1) is 5.82 Å². The molecule has 17 heavy (non-hydrogen) atoms. The molecule has 0 radical (unpaired) electrons. The van der Waals surface area contributed by atoms with Crippen LogP contribution in [0.4, 0.5) is 15.8 Å². The average molecular weight is 234 g/mol. The fourth-order valence-electron chi connectivity index (χ4n) is 3.16. The third-order valence-electron chi connectivity index (χ3n) is 4.11. The molecule has 0 aromatic heterocycles. The standard InChI is InChI=1S/C14H19FN2/c15-11-4-5-12-13(10-11)16-9-8-14(17-12)6-2-1-3-7-14/h4-5,10,16-17H,1-3,6-9H2. The summed E-state index contributed by atoms with van der Waals surface area (Å²) in [6.45, 7) is 0.934. The number of fused-ring (bicyclic) bond motifs is 1. The second-order valence-electron chi connectivity index (χ2n) is 5.33. The van der Waals surface area contributed by atoms with Gasteiger partial charge in [0.05, 0.1) is 11.4 Å². The maximum Gasteiger partial charge on any atom is 0.125 e. The third kappa shape index (κ3) is 2.11. The van der Waals surface area contributed by atoms with Gasteiger partial charge < -0.3 is 10.6 Å². The highest BCUT2D eigenvalue weighted by molar-refractivity contribution is 5.70. The van der Waals surface area contributed by atoms with Crippen LogP contribution in [0.1, 0.15) is 38.5 Å². The first-order valence-electron chi connectivity index (χ1n) is 6.59. The van der Waals surface area contributed by atoms with Crippen molar-refractivity contribution in [2.75, 3.05) is 17.2 Å². The lowest BCUT2D eigenvalue weighted by Gasteiger charge is -2.38. The quantitative estimate of drug-likeness (QED) is 0.714. The van der Waals surface area contributed by atoms with Crippen LogP contribution in [0.2, 0.25) is 0 Å². The molecule has 1 aliphatic heterocycles. The normalized spacial score (nSPS) is 22.2. The second kappa shape index (κ2) is 4.21. The molecule has 1 fully saturated rings. The SMILES string of the molecule is Fc1ccc2c(c1)NCCC1(CCCCC1)N2. The summed E-state index contributed by atoms with van der Waals surface area (Å²) in [5.74, 6) is -0.169. The largest absolute Gasteiger partial charge is 0.383 e. The molecule has 1 aliphatic carbocycles. The molecule has 2 nitrogen and oxygen atoms in total. The maximum atomic E-state index is 13.2. The zero-order valence-corrected chi connectivity index (χ0v) is 10.1. The number of anilines is 2. The van der Waals surface area contributed by atoms with Crippen LogP contribution in [0.3, 0.4) is 0 Å². The molecule has 1 heterocycles. The molecule has 0 bridgehead atoms. The van der Waals surface area contributed by atoms with Gasteiger partial charge in [-0.25, -0.2) is 4.39 Å². The minimum absolute atomic E-state index is 0.169. The maximum absolute atomic E-state index is 13.2. The molecule has 1 aromatic carbocycles. The molecule has 1 spiro atoms. The minimum Gasteiger partial charge on any atom is -0.383 e. The van der Waals surface area contributed by atoms with Gasteiger partial charge >= 0.3 is 0 Å². The summed E-state index contributed by atoms with van der Waals surface area (Å²) < 4.78 is 13.2. The van der Waals surface area contributed by atoms with Gasteiger partial charge in [-0.2, -0.15) is 0 Å². The van der Waals surface area contributed by atoms with Gasteiger partial charge in [0.2, 0.25) is 0 Å². The molecule has 3 heteroatoms. The lowest BCUT2D eigenvalue weighted by molar-refractivity contribution is 0.313. The van der Waals surface area contributed by atoms with Gasteiger partial charge in [-0.3, -0.25) is 0 Å². The third-order valence-corrected chi connectivity index (χ3v) is 4.11. The number of hydrogen-bond acceptors (Lipinski definition) is 2. The fraction of sp³-hybridized carbons (Fsp3) is 0.571. The lowest BCUT2D eigenvalue weighted by Crippen LogP contribution is -2.40. The first-order chi connectivity index (χ1) is 8.27. The van der Waals surface area contributed by atoms with Crippen molar-refractivity contribution in [1.29, 1.82) is 0 Å². The number of rotatable bonds is 0. The van der Waals surface area contributed by atoms with E-state index in [1.807, 2.05) is 6.07 Å². The van der Waals surface area contributed by atoms with Crippen LogP contribution < -0.4 is 10.6 Å². The Bertz CT molecular complexity index is 411. The first-order valence-corrected chi connectivity index (χ1v) is 6.59. The smallest absolute Gasteiger partial charge is 0.125 e. The number of halogens is 1. The highest BCUT2D eigenvalue weighted by atomic mass is 19.1. The first kappa shape index (κ1) is 10.9. The Morgan fingerprint density at radius 1 is 1.00 bits per heavy atom. The van der Waals surface area contributed by atoms with Crippen LogP contribution in [-0.2, 0) is 0 Å². The Morgan fingerprint density at radius 3 is 2.65 bits per heavy atom. The zero-order valence-electron chi connectivity index (χ0n) is 10.1. The zero-order chi connectivity index (χ0) is 11.7. The Kier molecular flexibility index (Phi) is 2.69. The number of benzene rings is 1. The molecule has 0 amide bonds. The van der Waals surface area contributed by atoms with Gasteiger partial charge in [0.25, 0.3) is 0 Å². The van der Waals surface area contributed by atoms with Crippen LogP contribution in [-0.4, -0.2) is 12.1 Å². The molecule has 1 aromatic rings. The van der Waals surface area contributed by atoms with Gasteiger partial charge in [0.1, 0.15) is 5.82 Å². The van der Waals surface area contributed by atoms with Gasteiger partial charge in [-0.1, -0.05) is 19.3 Å². The molecule has 92 valence electrons. The second-order valence-corrected chi connectivity index (χ2v) is 5.33. The molecular formula is C14H19FN2. The molecule has 2 aliphatic rings. The molecule has 0 atom stereocenters. The van der Waals surface area contributed by atoms with Crippen molar-refractivity contribution in [2.45, 2.75) is 44.1 Å². The summed E-state index contributed by atoms with van der Waals surface area (Å²) in [4.78, 5) is 0. The Hall–Kier alpha value is -1.25. The van der Waals surface area contributed by atoms with Crippen molar-refractivity contribution in [3.05, 3.63) is 24.0 Å². The summed E-state index contributed by atoms with van der Waals surface area (Å²) in [6, 6.07) is 4.99. The summed E-state index contributed by atoms with van der Waals surface area (Å²) in [5, 5.41) is 7.01. The Labute approximate surface area is 102 Å². The Balaban J connectivity index is 1.90. The average Bonchev–Trinajstić information content (AvgIpc) is 2.49. The van der Waals surface area contributed by atoms with Gasteiger partial charge in [0.15, 0.2) is 0 Å². The molecule has 1 saturated carbocycles. The predicted octanol–water partition coefficient (Wildman–Crippen LogP) is 3.76. The van der Waals surface area contributed by atoms with Crippen molar-refractivity contribution in [3.63, 3.8) is 0 Å². The molecule has 0 unspecified atom stereocenters.